The van der Waals surface area contributed by atoms with E-state index < -0.39 is 14.9 Å². The van der Waals surface area contributed by atoms with Crippen LogP contribution in [-0.4, -0.2) is 43.8 Å². The molecule has 138 valence electrons. The highest BCUT2D eigenvalue weighted by Gasteiger charge is 2.35. The van der Waals surface area contributed by atoms with E-state index in [9.17, 15) is 18.5 Å². The van der Waals surface area contributed by atoms with Gasteiger partial charge in [0.05, 0.1) is 4.92 Å². The molecular weight excluding hydrogens is 342 g/mol. The molecule has 0 spiro atoms. The molecule has 3 rings (SSSR count). The number of rotatable bonds is 4. The van der Waals surface area contributed by atoms with E-state index in [1.165, 1.54) is 41.4 Å². The number of sulfonamides is 1. The molecule has 1 N–H and O–H groups in total. The monoisotopic (exact) mass is 367 g/mol. The first-order valence-corrected chi connectivity index (χ1v) is 10.4. The number of benzene rings is 1. The molecule has 1 aromatic rings. The van der Waals surface area contributed by atoms with Gasteiger partial charge in [0.2, 0.25) is 10.0 Å². The predicted molar refractivity (Wildman–Crippen MR) is 94.8 cm³/mol. The fourth-order valence-corrected chi connectivity index (χ4v) is 5.70. The van der Waals surface area contributed by atoms with Crippen molar-refractivity contribution in [1.29, 1.82) is 0 Å². The van der Waals surface area contributed by atoms with Crippen molar-refractivity contribution in [3.8, 4) is 0 Å². The molecule has 0 aromatic heterocycles. The first-order chi connectivity index (χ1) is 12.0. The molecule has 7 nitrogen and oxygen atoms in total. The molecule has 0 bridgehead atoms. The summed E-state index contributed by atoms with van der Waals surface area (Å²) >= 11 is 0. The predicted octanol–water partition coefficient (Wildman–Crippen LogP) is 2.39. The zero-order chi connectivity index (χ0) is 17.9. The van der Waals surface area contributed by atoms with Gasteiger partial charge in [0.15, 0.2) is 4.90 Å². The number of hydrogen-bond donors (Lipinski definition) is 1. The number of para-hydroxylation sites is 1. The maximum Gasteiger partial charge on any atom is 0.289 e. The Balaban J connectivity index is 1.70. The second-order valence-electron chi connectivity index (χ2n) is 6.91. The Morgan fingerprint density at radius 3 is 2.44 bits per heavy atom. The van der Waals surface area contributed by atoms with Crippen LogP contribution in [-0.2, 0) is 10.0 Å². The fraction of sp³-hybridized carbons (Fsp3) is 0.647. The minimum absolute atomic E-state index is 0.197. The average molecular weight is 367 g/mol. The van der Waals surface area contributed by atoms with Crippen molar-refractivity contribution in [2.45, 2.75) is 37.0 Å². The maximum absolute atomic E-state index is 12.9. The molecule has 1 atom stereocenters. The summed E-state index contributed by atoms with van der Waals surface area (Å²) in [6, 6.07) is 5.60. The van der Waals surface area contributed by atoms with E-state index in [0.29, 0.717) is 24.9 Å². The van der Waals surface area contributed by atoms with Gasteiger partial charge >= 0.3 is 0 Å². The molecule has 2 fully saturated rings. The van der Waals surface area contributed by atoms with Gasteiger partial charge in [0, 0.05) is 19.2 Å². The molecule has 2 heterocycles. The number of hydrogen-bond acceptors (Lipinski definition) is 5. The molecule has 0 radical (unpaired) electrons. The highest BCUT2D eigenvalue weighted by molar-refractivity contribution is 7.89. The smallest absolute Gasteiger partial charge is 0.289 e. The van der Waals surface area contributed by atoms with Crippen LogP contribution < -0.4 is 5.32 Å². The van der Waals surface area contributed by atoms with Crippen LogP contribution in [0.4, 0.5) is 5.69 Å². The lowest BCUT2D eigenvalue weighted by Crippen LogP contribution is -2.40. The maximum atomic E-state index is 12.9. The van der Waals surface area contributed by atoms with Crippen molar-refractivity contribution in [2.24, 2.45) is 11.8 Å². The second kappa shape index (κ2) is 7.80. The summed E-state index contributed by atoms with van der Waals surface area (Å²) in [6.45, 7) is 3.01. The van der Waals surface area contributed by atoms with Crippen LogP contribution in [0.3, 0.4) is 0 Å². The molecule has 2 saturated heterocycles. The summed E-state index contributed by atoms with van der Waals surface area (Å²) in [5.41, 5.74) is -0.348. The van der Waals surface area contributed by atoms with Crippen LogP contribution in [0.2, 0.25) is 0 Å². The van der Waals surface area contributed by atoms with Gasteiger partial charge < -0.3 is 5.32 Å². The molecule has 0 amide bonds. The van der Waals surface area contributed by atoms with Crippen molar-refractivity contribution < 1.29 is 13.3 Å². The van der Waals surface area contributed by atoms with Crippen LogP contribution in [0.5, 0.6) is 0 Å². The Morgan fingerprint density at radius 2 is 1.72 bits per heavy atom. The minimum atomic E-state index is -3.82. The van der Waals surface area contributed by atoms with Gasteiger partial charge in [0.25, 0.3) is 5.69 Å². The van der Waals surface area contributed by atoms with Crippen molar-refractivity contribution >= 4 is 15.7 Å². The van der Waals surface area contributed by atoms with E-state index in [-0.39, 0.29) is 10.6 Å². The Bertz CT molecular complexity index is 706. The Labute approximate surface area is 148 Å². The quantitative estimate of drug-likeness (QED) is 0.651. The third-order valence-electron chi connectivity index (χ3n) is 5.47. The van der Waals surface area contributed by atoms with E-state index in [4.69, 9.17) is 0 Å². The number of nitrogens with one attached hydrogen (secondary N) is 1. The third kappa shape index (κ3) is 4.02. The fourth-order valence-electron chi connectivity index (χ4n) is 4.07. The van der Waals surface area contributed by atoms with Crippen molar-refractivity contribution in [3.63, 3.8) is 0 Å². The lowest BCUT2D eigenvalue weighted by molar-refractivity contribution is -0.387. The Morgan fingerprint density at radius 1 is 1.04 bits per heavy atom. The lowest BCUT2D eigenvalue weighted by atomic mass is 9.81. The number of nitro groups is 1. The highest BCUT2D eigenvalue weighted by Crippen LogP contribution is 2.34. The summed E-state index contributed by atoms with van der Waals surface area (Å²) in [5.74, 6) is 1.21. The van der Waals surface area contributed by atoms with Gasteiger partial charge in [0.1, 0.15) is 0 Å². The minimum Gasteiger partial charge on any atom is -0.317 e. The molecule has 0 saturated carbocycles. The molecule has 0 aliphatic carbocycles. The van der Waals surface area contributed by atoms with E-state index in [2.05, 4.69) is 5.32 Å². The third-order valence-corrected chi connectivity index (χ3v) is 7.41. The van der Waals surface area contributed by atoms with E-state index in [1.807, 2.05) is 0 Å². The molecular formula is C17H25N3O4S. The zero-order valence-corrected chi connectivity index (χ0v) is 15.1. The molecule has 2 aliphatic rings. The van der Waals surface area contributed by atoms with Gasteiger partial charge in [-0.1, -0.05) is 12.1 Å². The lowest BCUT2D eigenvalue weighted by Gasteiger charge is -2.35. The van der Waals surface area contributed by atoms with E-state index >= 15 is 0 Å². The van der Waals surface area contributed by atoms with Gasteiger partial charge in [-0.05, 0) is 63.1 Å². The summed E-state index contributed by atoms with van der Waals surface area (Å²) in [7, 11) is -3.82. The van der Waals surface area contributed by atoms with Gasteiger partial charge in [-0.2, -0.15) is 4.31 Å². The zero-order valence-electron chi connectivity index (χ0n) is 14.3. The van der Waals surface area contributed by atoms with Gasteiger partial charge in [-0.25, -0.2) is 8.42 Å². The standard InChI is InChI=1S/C17H25N3O4S/c21-20(22)16-5-1-2-6-17(16)25(23,24)19-12-8-15(9-13-19)14-4-3-10-18-11-7-14/h1-2,5-6,14-15,18H,3-4,7-13H2. The van der Waals surface area contributed by atoms with Gasteiger partial charge in [-0.15, -0.1) is 0 Å². The summed E-state index contributed by atoms with van der Waals surface area (Å²) in [5, 5.41) is 14.6. The van der Waals surface area contributed by atoms with Crippen molar-refractivity contribution in [3.05, 3.63) is 34.4 Å². The second-order valence-corrected chi connectivity index (χ2v) is 8.81. The average Bonchev–Trinajstić information content (AvgIpc) is 2.91. The van der Waals surface area contributed by atoms with Crippen LogP contribution in [0, 0.1) is 22.0 Å². The molecule has 25 heavy (non-hydrogen) atoms. The van der Waals surface area contributed by atoms with Gasteiger partial charge in [-0.3, -0.25) is 10.1 Å². The number of nitrogens with zero attached hydrogens (tertiary/aromatic N) is 2. The Hall–Kier alpha value is -1.51. The molecule has 8 heteroatoms. The molecule has 2 aliphatic heterocycles. The topological polar surface area (TPSA) is 92.5 Å². The molecule has 1 aromatic carbocycles. The largest absolute Gasteiger partial charge is 0.317 e. The normalized spacial score (nSPS) is 23.9. The van der Waals surface area contributed by atoms with E-state index in [0.717, 1.165) is 32.4 Å². The van der Waals surface area contributed by atoms with Crippen molar-refractivity contribution in [1.82, 2.24) is 9.62 Å². The number of nitro benzene ring substituents is 1. The van der Waals surface area contributed by atoms with Crippen LogP contribution in [0.25, 0.3) is 0 Å². The van der Waals surface area contributed by atoms with Crippen LogP contribution in [0.15, 0.2) is 29.2 Å². The Kier molecular flexibility index (Phi) is 5.71. The summed E-state index contributed by atoms with van der Waals surface area (Å²) in [6.07, 6.45) is 5.21. The van der Waals surface area contributed by atoms with Crippen LogP contribution >= 0.6 is 0 Å². The first kappa shape index (κ1) is 18.3. The van der Waals surface area contributed by atoms with E-state index in [1.54, 1.807) is 0 Å². The summed E-state index contributed by atoms with van der Waals surface area (Å²) in [4.78, 5) is 10.3. The van der Waals surface area contributed by atoms with Crippen LogP contribution in [0.1, 0.15) is 32.1 Å². The number of piperidine rings is 1. The first-order valence-electron chi connectivity index (χ1n) is 8.94. The SMILES string of the molecule is O=[N+]([O-])c1ccccc1S(=O)(=O)N1CCC(C2CCCNCC2)CC1. The summed E-state index contributed by atoms with van der Waals surface area (Å²) < 4.78 is 27.1. The highest BCUT2D eigenvalue weighted by atomic mass is 32.2. The van der Waals surface area contributed by atoms with Crippen molar-refractivity contribution in [2.75, 3.05) is 26.2 Å². The molecule has 1 unspecified atom stereocenters.